The summed E-state index contributed by atoms with van der Waals surface area (Å²) in [6, 6.07) is 0. The van der Waals surface area contributed by atoms with Gasteiger partial charge in [0.2, 0.25) is 0 Å². The van der Waals surface area contributed by atoms with Gasteiger partial charge in [-0.25, -0.2) is 4.39 Å². The molecule has 0 unspecified atom stereocenters. The Kier molecular flexibility index (Phi) is 2.26. The van der Waals surface area contributed by atoms with Gasteiger partial charge in [-0.15, -0.1) is 12.4 Å². The Morgan fingerprint density at radius 2 is 2.00 bits per heavy atom. The van der Waals surface area contributed by atoms with Crippen LogP contribution < -0.4 is 5.73 Å². The monoisotopic (exact) mass is 191 g/mol. The van der Waals surface area contributed by atoms with Crippen molar-refractivity contribution in [3.63, 3.8) is 0 Å². The lowest BCUT2D eigenvalue weighted by atomic mass is 9.39. The summed E-state index contributed by atoms with van der Waals surface area (Å²) in [5, 5.41) is 0. The Morgan fingerprint density at radius 1 is 1.50 bits per heavy atom. The minimum atomic E-state index is -0.306. The lowest BCUT2D eigenvalue weighted by molar-refractivity contribution is -0.0899. The maximum atomic E-state index is 12.1. The van der Waals surface area contributed by atoms with Crippen LogP contribution >= 0.6 is 12.4 Å². The van der Waals surface area contributed by atoms with Gasteiger partial charge in [0.15, 0.2) is 0 Å². The van der Waals surface area contributed by atoms with Crippen LogP contribution in [0.5, 0.6) is 0 Å². The predicted octanol–water partition coefficient (Wildman–Crippen LogP) is 2.21. The van der Waals surface area contributed by atoms with Crippen LogP contribution in [0.3, 0.4) is 0 Å². The number of alkyl halides is 1. The van der Waals surface area contributed by atoms with Crippen LogP contribution in [0.4, 0.5) is 4.39 Å². The Balaban J connectivity index is 0.000000720. The highest BCUT2D eigenvalue weighted by Gasteiger charge is 2.64. The van der Waals surface area contributed by atoms with Crippen molar-refractivity contribution in [2.45, 2.75) is 31.7 Å². The summed E-state index contributed by atoms with van der Waals surface area (Å²) >= 11 is 0. The molecule has 1 nitrogen and oxygen atoms in total. The molecule has 0 aliphatic heterocycles. The smallest absolute Gasteiger partial charge is 0.110 e. The van der Waals surface area contributed by atoms with E-state index in [1.165, 1.54) is 0 Å². The molecule has 3 aliphatic carbocycles. The molecular weight excluding hydrogens is 177 g/mol. The minimum absolute atomic E-state index is 0. The lowest BCUT2D eigenvalue weighted by Gasteiger charge is -2.68. The normalized spacial score (nSPS) is 44.1. The molecular formula is C9H15ClFN. The molecule has 0 aromatic heterocycles. The van der Waals surface area contributed by atoms with E-state index >= 15 is 0 Å². The second-order valence-electron chi connectivity index (χ2n) is 4.38. The highest BCUT2D eigenvalue weighted by Crippen LogP contribution is 2.66. The summed E-state index contributed by atoms with van der Waals surface area (Å²) in [7, 11) is 0. The maximum Gasteiger partial charge on any atom is 0.110 e. The molecule has 70 valence electrons. The average molecular weight is 192 g/mol. The number of allylic oxidation sites excluding steroid dienone is 2. The highest BCUT2D eigenvalue weighted by atomic mass is 35.5. The molecule has 3 saturated carbocycles. The molecule has 12 heavy (non-hydrogen) atoms. The molecule has 0 atom stereocenters. The third kappa shape index (κ3) is 1.27. The van der Waals surface area contributed by atoms with Crippen LogP contribution in [0.2, 0.25) is 0 Å². The number of hydrogen-bond donors (Lipinski definition) is 1. The van der Waals surface area contributed by atoms with Crippen molar-refractivity contribution in [1.29, 1.82) is 0 Å². The molecule has 0 spiro atoms. The van der Waals surface area contributed by atoms with E-state index in [0.717, 1.165) is 24.8 Å². The van der Waals surface area contributed by atoms with Crippen LogP contribution in [0.25, 0.3) is 0 Å². The minimum Gasteiger partial charge on any atom is -0.325 e. The third-order valence-corrected chi connectivity index (χ3v) is 2.88. The van der Waals surface area contributed by atoms with Crippen molar-refractivity contribution in [3.05, 3.63) is 11.6 Å². The molecule has 2 bridgehead atoms. The van der Waals surface area contributed by atoms with Crippen LogP contribution in [0, 0.1) is 5.41 Å². The van der Waals surface area contributed by atoms with Crippen molar-refractivity contribution in [1.82, 2.24) is 0 Å². The van der Waals surface area contributed by atoms with E-state index in [-0.39, 0.29) is 24.6 Å². The summed E-state index contributed by atoms with van der Waals surface area (Å²) in [6.45, 7) is 1.54. The molecule has 0 heterocycles. The molecule has 2 N–H and O–H groups in total. The molecule has 3 rings (SSSR count). The molecule has 0 radical (unpaired) electrons. The highest BCUT2D eigenvalue weighted by molar-refractivity contribution is 5.85. The average Bonchev–Trinajstić information content (AvgIpc) is 1.82. The summed E-state index contributed by atoms with van der Waals surface area (Å²) in [6.07, 6.45) is 5.33. The Hall–Kier alpha value is -0.0800. The fraction of sp³-hybridized carbons (Fsp3) is 0.778. The summed E-state index contributed by atoms with van der Waals surface area (Å²) < 4.78 is 12.1. The number of halogens is 2. The van der Waals surface area contributed by atoms with Crippen molar-refractivity contribution in [2.24, 2.45) is 11.1 Å². The van der Waals surface area contributed by atoms with Gasteiger partial charge < -0.3 is 5.73 Å². The second kappa shape index (κ2) is 2.71. The van der Waals surface area contributed by atoms with Crippen molar-refractivity contribution < 1.29 is 4.39 Å². The zero-order chi connectivity index (χ0) is 8.11. The summed E-state index contributed by atoms with van der Waals surface area (Å²) in [4.78, 5) is 0. The van der Waals surface area contributed by atoms with Crippen LogP contribution in [-0.4, -0.2) is 12.2 Å². The molecule has 3 heteroatoms. The van der Waals surface area contributed by atoms with Gasteiger partial charge in [-0.1, -0.05) is 6.08 Å². The number of rotatable bonds is 2. The first-order valence-electron chi connectivity index (χ1n) is 4.11. The third-order valence-electron chi connectivity index (χ3n) is 2.88. The first-order chi connectivity index (χ1) is 5.08. The molecule has 0 aromatic rings. The van der Waals surface area contributed by atoms with E-state index in [0.29, 0.717) is 5.41 Å². The molecule has 3 fully saturated rings. The van der Waals surface area contributed by atoms with Gasteiger partial charge in [0, 0.05) is 5.54 Å². The topological polar surface area (TPSA) is 26.0 Å². The quantitative estimate of drug-likeness (QED) is 0.666. The maximum absolute atomic E-state index is 12.1. The van der Waals surface area contributed by atoms with E-state index in [9.17, 15) is 4.39 Å². The van der Waals surface area contributed by atoms with Crippen molar-refractivity contribution in [3.8, 4) is 0 Å². The fourth-order valence-corrected chi connectivity index (χ4v) is 2.66. The molecule has 0 aromatic carbocycles. The largest absolute Gasteiger partial charge is 0.325 e. The second-order valence-corrected chi connectivity index (χ2v) is 4.38. The van der Waals surface area contributed by atoms with E-state index in [2.05, 4.69) is 6.08 Å². The Labute approximate surface area is 78.6 Å². The standard InChI is InChI=1S/C9H14FN.ClH/c1-7(3-10)2-8-4-9(11,5-8)6-8;/h2H,3-6,11H2,1H3;1H. The van der Waals surface area contributed by atoms with E-state index in [4.69, 9.17) is 5.73 Å². The van der Waals surface area contributed by atoms with Gasteiger partial charge >= 0.3 is 0 Å². The lowest BCUT2D eigenvalue weighted by Crippen LogP contribution is -2.71. The van der Waals surface area contributed by atoms with Gasteiger partial charge in [0.1, 0.15) is 6.67 Å². The Morgan fingerprint density at radius 3 is 2.33 bits per heavy atom. The number of hydrogen-bond acceptors (Lipinski definition) is 1. The fourth-order valence-electron chi connectivity index (χ4n) is 2.66. The van der Waals surface area contributed by atoms with Crippen LogP contribution in [0.1, 0.15) is 26.2 Å². The van der Waals surface area contributed by atoms with Gasteiger partial charge in [-0.3, -0.25) is 0 Å². The number of nitrogens with two attached hydrogens (primary N) is 1. The zero-order valence-electron chi connectivity index (χ0n) is 7.27. The Bertz CT molecular complexity index is 205. The van der Waals surface area contributed by atoms with Gasteiger partial charge in [-0.2, -0.15) is 0 Å². The van der Waals surface area contributed by atoms with Crippen LogP contribution in [-0.2, 0) is 0 Å². The molecule has 0 saturated heterocycles. The zero-order valence-corrected chi connectivity index (χ0v) is 8.09. The van der Waals surface area contributed by atoms with E-state index in [1.54, 1.807) is 0 Å². The van der Waals surface area contributed by atoms with E-state index < -0.39 is 0 Å². The van der Waals surface area contributed by atoms with Crippen molar-refractivity contribution >= 4 is 12.4 Å². The summed E-state index contributed by atoms with van der Waals surface area (Å²) in [5.74, 6) is 0. The van der Waals surface area contributed by atoms with Gasteiger partial charge in [0.05, 0.1) is 0 Å². The van der Waals surface area contributed by atoms with Crippen LogP contribution in [0.15, 0.2) is 11.6 Å². The molecule has 3 aliphatic rings. The first kappa shape index (κ1) is 10.0. The first-order valence-corrected chi connectivity index (χ1v) is 4.11. The molecule has 0 amide bonds. The van der Waals surface area contributed by atoms with E-state index in [1.807, 2.05) is 6.92 Å². The van der Waals surface area contributed by atoms with Crippen molar-refractivity contribution in [2.75, 3.05) is 6.67 Å². The summed E-state index contributed by atoms with van der Waals surface area (Å²) in [5.41, 5.74) is 7.20. The predicted molar refractivity (Wildman–Crippen MR) is 50.2 cm³/mol. The van der Waals surface area contributed by atoms with Gasteiger partial charge in [-0.05, 0) is 37.2 Å². The SMILES string of the molecule is CC(=CC12CC(N)(C1)C2)CF.Cl. The van der Waals surface area contributed by atoms with Gasteiger partial charge in [0.25, 0.3) is 0 Å².